The summed E-state index contributed by atoms with van der Waals surface area (Å²) in [6.45, 7) is -0.630. The number of non-ortho nitro benzene ring substituents is 1. The Morgan fingerprint density at radius 1 is 1.07 bits per heavy atom. The molecule has 0 aliphatic heterocycles. The second-order valence-electron chi connectivity index (χ2n) is 5.64. The fourth-order valence-electron chi connectivity index (χ4n) is 2.56. The molecule has 0 saturated carbocycles. The maximum atomic E-state index is 11.9. The van der Waals surface area contributed by atoms with Crippen LogP contribution in [0.5, 0.6) is 17.2 Å². The SMILES string of the molecule is O=C(COc1cc2ccccc2c(O)c1C(=O)O)Oc1ccc([N+](=O)[O-])cc1. The summed E-state index contributed by atoms with van der Waals surface area (Å²) in [6.07, 6.45) is 0. The van der Waals surface area contributed by atoms with Crippen molar-refractivity contribution in [3.63, 3.8) is 0 Å². The number of carboxylic acids is 1. The van der Waals surface area contributed by atoms with Crippen molar-refractivity contribution in [1.29, 1.82) is 0 Å². The minimum atomic E-state index is -1.41. The van der Waals surface area contributed by atoms with Crippen molar-refractivity contribution >= 4 is 28.4 Å². The number of nitro groups is 1. The third-order valence-corrected chi connectivity index (χ3v) is 3.82. The van der Waals surface area contributed by atoms with E-state index >= 15 is 0 Å². The van der Waals surface area contributed by atoms with E-state index in [-0.39, 0.29) is 17.2 Å². The molecule has 0 aromatic heterocycles. The van der Waals surface area contributed by atoms with Crippen LogP contribution in [0.4, 0.5) is 5.69 Å². The first-order valence-electron chi connectivity index (χ1n) is 7.92. The van der Waals surface area contributed by atoms with E-state index in [4.69, 9.17) is 9.47 Å². The van der Waals surface area contributed by atoms with E-state index in [1.54, 1.807) is 24.3 Å². The van der Waals surface area contributed by atoms with Gasteiger partial charge in [-0.2, -0.15) is 0 Å². The van der Waals surface area contributed by atoms with Crippen LogP contribution in [0.1, 0.15) is 10.4 Å². The van der Waals surface area contributed by atoms with Gasteiger partial charge in [-0.1, -0.05) is 24.3 Å². The third kappa shape index (κ3) is 3.83. The summed E-state index contributed by atoms with van der Waals surface area (Å²) in [5.74, 6) is -2.85. The quantitative estimate of drug-likeness (QED) is 0.287. The zero-order valence-corrected chi connectivity index (χ0v) is 14.2. The maximum Gasteiger partial charge on any atom is 0.349 e. The Bertz CT molecular complexity index is 1080. The van der Waals surface area contributed by atoms with Crippen LogP contribution in [0.2, 0.25) is 0 Å². The van der Waals surface area contributed by atoms with Gasteiger partial charge in [0, 0.05) is 17.5 Å². The number of nitro benzene ring substituents is 1. The predicted molar refractivity (Wildman–Crippen MR) is 96.8 cm³/mol. The number of nitrogens with zero attached hydrogens (tertiary/aromatic N) is 1. The molecule has 0 aliphatic rings. The average Bonchev–Trinajstić information content (AvgIpc) is 2.66. The van der Waals surface area contributed by atoms with E-state index in [9.17, 15) is 29.9 Å². The summed E-state index contributed by atoms with van der Waals surface area (Å²) in [5.41, 5.74) is -0.629. The summed E-state index contributed by atoms with van der Waals surface area (Å²) in [4.78, 5) is 33.5. The fourth-order valence-corrected chi connectivity index (χ4v) is 2.56. The van der Waals surface area contributed by atoms with Crippen molar-refractivity contribution in [1.82, 2.24) is 0 Å². The standard InChI is InChI=1S/C19H13NO8/c21-16(28-13-7-5-12(6-8-13)20(25)26)10-27-15-9-11-3-1-2-4-14(11)18(22)17(15)19(23)24/h1-9,22H,10H2,(H,23,24). The van der Waals surface area contributed by atoms with Crippen molar-refractivity contribution in [2.45, 2.75) is 0 Å². The average molecular weight is 383 g/mol. The number of esters is 1. The summed E-state index contributed by atoms with van der Waals surface area (Å²) < 4.78 is 10.3. The van der Waals surface area contributed by atoms with E-state index in [1.165, 1.54) is 30.3 Å². The van der Waals surface area contributed by atoms with Crippen molar-refractivity contribution < 1.29 is 34.2 Å². The Morgan fingerprint density at radius 2 is 1.75 bits per heavy atom. The number of fused-ring (bicyclic) bond motifs is 1. The van der Waals surface area contributed by atoms with Crippen LogP contribution < -0.4 is 9.47 Å². The molecular weight excluding hydrogens is 370 g/mol. The minimum Gasteiger partial charge on any atom is -0.506 e. The molecule has 28 heavy (non-hydrogen) atoms. The van der Waals surface area contributed by atoms with Crippen molar-refractivity contribution in [3.05, 3.63) is 70.3 Å². The number of phenols is 1. The van der Waals surface area contributed by atoms with Crippen LogP contribution in [0.3, 0.4) is 0 Å². The maximum absolute atomic E-state index is 11.9. The van der Waals surface area contributed by atoms with Gasteiger partial charge in [0.2, 0.25) is 0 Å². The first-order valence-corrected chi connectivity index (χ1v) is 7.92. The van der Waals surface area contributed by atoms with Gasteiger partial charge in [-0.05, 0) is 23.6 Å². The molecule has 9 heteroatoms. The van der Waals surface area contributed by atoms with Gasteiger partial charge >= 0.3 is 11.9 Å². The summed E-state index contributed by atoms with van der Waals surface area (Å²) in [6, 6.07) is 12.8. The predicted octanol–water partition coefficient (Wildman–Crippen LogP) is 3.14. The van der Waals surface area contributed by atoms with E-state index in [0.29, 0.717) is 10.8 Å². The third-order valence-electron chi connectivity index (χ3n) is 3.82. The second kappa shape index (κ2) is 7.62. The molecule has 0 bridgehead atoms. The van der Waals surface area contributed by atoms with Crippen molar-refractivity contribution in [2.24, 2.45) is 0 Å². The van der Waals surface area contributed by atoms with Crippen LogP contribution in [0.25, 0.3) is 10.8 Å². The number of aromatic carboxylic acids is 1. The van der Waals surface area contributed by atoms with Crippen molar-refractivity contribution in [2.75, 3.05) is 6.61 Å². The molecule has 0 fully saturated rings. The summed E-state index contributed by atoms with van der Waals surface area (Å²) in [5, 5.41) is 31.1. The Kier molecular flexibility index (Phi) is 5.07. The number of ether oxygens (including phenoxy) is 2. The molecule has 0 spiro atoms. The van der Waals surface area contributed by atoms with Gasteiger partial charge in [0.1, 0.15) is 22.8 Å². The molecule has 0 atom stereocenters. The first-order chi connectivity index (χ1) is 13.4. The molecule has 9 nitrogen and oxygen atoms in total. The lowest BCUT2D eigenvalue weighted by atomic mass is 10.0. The Balaban J connectivity index is 1.77. The number of hydrogen-bond donors (Lipinski definition) is 2. The number of carboxylic acid groups (broad SMARTS) is 1. The summed E-state index contributed by atoms with van der Waals surface area (Å²) in [7, 11) is 0. The van der Waals surface area contributed by atoms with E-state index in [0.717, 1.165) is 0 Å². The lowest BCUT2D eigenvalue weighted by molar-refractivity contribution is -0.384. The van der Waals surface area contributed by atoms with Crippen LogP contribution in [0, 0.1) is 10.1 Å². The van der Waals surface area contributed by atoms with E-state index in [2.05, 4.69) is 0 Å². The van der Waals surface area contributed by atoms with Crippen molar-refractivity contribution in [3.8, 4) is 17.2 Å². The Hall–Kier alpha value is -4.14. The smallest absolute Gasteiger partial charge is 0.349 e. The number of carbonyl (C=O) groups is 2. The first kappa shape index (κ1) is 18.6. The van der Waals surface area contributed by atoms with Crippen LogP contribution in [0.15, 0.2) is 54.6 Å². The number of carbonyl (C=O) groups excluding carboxylic acids is 1. The monoisotopic (exact) mass is 383 g/mol. The van der Waals surface area contributed by atoms with Gasteiger partial charge < -0.3 is 19.7 Å². The Morgan fingerprint density at radius 3 is 2.39 bits per heavy atom. The number of benzene rings is 3. The topological polar surface area (TPSA) is 136 Å². The zero-order chi connectivity index (χ0) is 20.3. The summed E-state index contributed by atoms with van der Waals surface area (Å²) >= 11 is 0. The van der Waals surface area contributed by atoms with Crippen LogP contribution in [-0.4, -0.2) is 33.7 Å². The molecule has 3 rings (SSSR count). The lowest BCUT2D eigenvalue weighted by Gasteiger charge is -2.12. The Labute approximate surface area is 157 Å². The number of aromatic hydroxyl groups is 1. The molecule has 0 aliphatic carbocycles. The molecule has 0 saturated heterocycles. The lowest BCUT2D eigenvalue weighted by Crippen LogP contribution is -2.18. The molecule has 0 heterocycles. The fraction of sp³-hybridized carbons (Fsp3) is 0.0526. The number of rotatable bonds is 6. The molecule has 0 amide bonds. The van der Waals surface area contributed by atoms with Gasteiger partial charge in [-0.15, -0.1) is 0 Å². The highest BCUT2D eigenvalue weighted by Gasteiger charge is 2.21. The highest BCUT2D eigenvalue weighted by molar-refractivity contribution is 6.03. The number of hydrogen-bond acceptors (Lipinski definition) is 7. The highest BCUT2D eigenvalue weighted by Crippen LogP contribution is 2.36. The molecule has 2 N–H and O–H groups in total. The zero-order valence-electron chi connectivity index (χ0n) is 14.2. The van der Waals surface area contributed by atoms with Gasteiger partial charge in [0.25, 0.3) is 5.69 Å². The largest absolute Gasteiger partial charge is 0.506 e. The molecule has 0 radical (unpaired) electrons. The second-order valence-corrected chi connectivity index (χ2v) is 5.64. The van der Waals surface area contributed by atoms with Gasteiger partial charge in [-0.3, -0.25) is 10.1 Å². The molecular formula is C19H13NO8. The molecule has 142 valence electrons. The van der Waals surface area contributed by atoms with Gasteiger partial charge in [0.15, 0.2) is 6.61 Å². The molecule has 0 unspecified atom stereocenters. The minimum absolute atomic E-state index is 0.0685. The highest BCUT2D eigenvalue weighted by atomic mass is 16.6. The van der Waals surface area contributed by atoms with Gasteiger partial charge in [0.05, 0.1) is 4.92 Å². The van der Waals surface area contributed by atoms with Crippen LogP contribution in [-0.2, 0) is 4.79 Å². The normalized spacial score (nSPS) is 10.4. The van der Waals surface area contributed by atoms with E-state index < -0.39 is 34.8 Å². The molecule has 3 aromatic rings. The van der Waals surface area contributed by atoms with Crippen LogP contribution >= 0.6 is 0 Å². The molecule has 3 aromatic carbocycles. The van der Waals surface area contributed by atoms with E-state index in [1.807, 2.05) is 0 Å². The van der Waals surface area contributed by atoms with Gasteiger partial charge in [-0.25, -0.2) is 9.59 Å².